The summed E-state index contributed by atoms with van der Waals surface area (Å²) >= 11 is 0. The Morgan fingerprint density at radius 2 is 1.54 bits per heavy atom. The molecule has 0 bridgehead atoms. The first-order valence-electron chi connectivity index (χ1n) is 4.51. The van der Waals surface area contributed by atoms with E-state index in [0.717, 1.165) is 25.7 Å². The summed E-state index contributed by atoms with van der Waals surface area (Å²) in [7, 11) is -3.99. The van der Waals surface area contributed by atoms with Gasteiger partial charge in [0.2, 0.25) is 0 Å². The van der Waals surface area contributed by atoms with Crippen LogP contribution in [0.25, 0.3) is 0 Å². The molecular formula is C8H15NaO3S. The third-order valence-electron chi connectivity index (χ3n) is 2.41. The van der Waals surface area contributed by atoms with Crippen molar-refractivity contribution in [3.05, 3.63) is 0 Å². The fourth-order valence-corrected chi connectivity index (χ4v) is 2.73. The molecule has 1 fully saturated rings. The van der Waals surface area contributed by atoms with Crippen molar-refractivity contribution in [1.82, 2.24) is 0 Å². The van der Waals surface area contributed by atoms with Gasteiger partial charge in [0.05, 0.1) is 10.1 Å². The van der Waals surface area contributed by atoms with Gasteiger partial charge in [0.25, 0.3) is 0 Å². The molecule has 0 saturated heterocycles. The summed E-state index contributed by atoms with van der Waals surface area (Å²) in [6, 6.07) is 0. The molecule has 1 rings (SSSR count). The summed E-state index contributed by atoms with van der Waals surface area (Å²) < 4.78 is 31.4. The Bertz CT molecular complexity index is 218. The topological polar surface area (TPSA) is 57.2 Å². The van der Waals surface area contributed by atoms with E-state index in [1.165, 1.54) is 12.8 Å². The van der Waals surface area contributed by atoms with Crippen molar-refractivity contribution in [3.8, 4) is 0 Å². The zero-order chi connectivity index (χ0) is 9.03. The summed E-state index contributed by atoms with van der Waals surface area (Å²) in [5.74, 6) is -0.0116. The predicted molar refractivity (Wildman–Crippen MR) is 45.8 cm³/mol. The van der Waals surface area contributed by atoms with Crippen LogP contribution in [0.2, 0.25) is 0 Å². The Kier molecular flexibility index (Phi) is 6.85. The average molecular weight is 214 g/mol. The Hall–Kier alpha value is 0.910. The Morgan fingerprint density at radius 3 is 1.92 bits per heavy atom. The third-order valence-corrected chi connectivity index (χ3v) is 3.29. The number of rotatable bonds is 2. The minimum absolute atomic E-state index is 0. The first kappa shape index (κ1) is 13.9. The van der Waals surface area contributed by atoms with Crippen LogP contribution in [-0.4, -0.2) is 18.7 Å². The fourth-order valence-electron chi connectivity index (χ4n) is 1.82. The molecule has 1 aliphatic carbocycles. The number of hydrogen-bond donors (Lipinski definition) is 0. The average Bonchev–Trinajstić information content (AvgIpc) is 2.12. The molecule has 0 radical (unpaired) electrons. The summed E-state index contributed by atoms with van der Waals surface area (Å²) in [4.78, 5) is 0. The summed E-state index contributed by atoms with van der Waals surface area (Å²) in [5.41, 5.74) is 0. The van der Waals surface area contributed by atoms with E-state index < -0.39 is 10.1 Å². The Morgan fingerprint density at radius 1 is 1.08 bits per heavy atom. The van der Waals surface area contributed by atoms with Crippen molar-refractivity contribution in [3.63, 3.8) is 0 Å². The van der Waals surface area contributed by atoms with Gasteiger partial charge >= 0.3 is 29.6 Å². The molecule has 0 aromatic rings. The van der Waals surface area contributed by atoms with E-state index in [-0.39, 0.29) is 41.2 Å². The molecule has 0 amide bonds. The van der Waals surface area contributed by atoms with Crippen molar-refractivity contribution < 1.29 is 42.5 Å². The van der Waals surface area contributed by atoms with Gasteiger partial charge in [-0.25, -0.2) is 8.42 Å². The van der Waals surface area contributed by atoms with Crippen LogP contribution in [0.1, 0.15) is 38.5 Å². The quantitative estimate of drug-likeness (QED) is 0.319. The van der Waals surface area contributed by atoms with Gasteiger partial charge in [-0.3, -0.25) is 0 Å². The van der Waals surface area contributed by atoms with Crippen LogP contribution >= 0.6 is 0 Å². The molecule has 1 aliphatic rings. The summed E-state index contributed by atoms with van der Waals surface area (Å²) in [5, 5.41) is 0. The summed E-state index contributed by atoms with van der Waals surface area (Å²) in [6.07, 6.45) is 6.38. The van der Waals surface area contributed by atoms with Crippen molar-refractivity contribution in [2.75, 3.05) is 5.75 Å². The molecular weight excluding hydrogens is 199 g/mol. The van der Waals surface area contributed by atoms with E-state index in [1.807, 2.05) is 0 Å². The van der Waals surface area contributed by atoms with E-state index >= 15 is 0 Å². The van der Waals surface area contributed by atoms with E-state index in [1.54, 1.807) is 0 Å². The minimum Gasteiger partial charge on any atom is -0.748 e. The third kappa shape index (κ3) is 6.91. The molecule has 0 aliphatic heterocycles. The second kappa shape index (κ2) is 6.40. The van der Waals surface area contributed by atoms with Crippen LogP contribution in [0.5, 0.6) is 0 Å². The van der Waals surface area contributed by atoms with E-state index in [9.17, 15) is 13.0 Å². The van der Waals surface area contributed by atoms with Gasteiger partial charge in [-0.05, 0) is 18.8 Å². The fraction of sp³-hybridized carbons (Fsp3) is 1.00. The molecule has 0 aromatic heterocycles. The maximum Gasteiger partial charge on any atom is 1.00 e. The minimum atomic E-state index is -3.99. The van der Waals surface area contributed by atoms with Crippen molar-refractivity contribution in [2.24, 2.45) is 5.92 Å². The van der Waals surface area contributed by atoms with Crippen LogP contribution in [0.3, 0.4) is 0 Å². The monoisotopic (exact) mass is 214 g/mol. The zero-order valence-corrected chi connectivity index (χ0v) is 11.0. The molecule has 72 valence electrons. The van der Waals surface area contributed by atoms with E-state index in [4.69, 9.17) is 0 Å². The predicted octanol–water partition coefficient (Wildman–Crippen LogP) is -1.49. The SMILES string of the molecule is O=S(=O)([O-])CC1CCCCCC1.[Na+]. The Labute approximate surface area is 102 Å². The van der Waals surface area contributed by atoms with Crippen LogP contribution in [0, 0.1) is 5.92 Å². The van der Waals surface area contributed by atoms with Gasteiger partial charge in [-0.2, -0.15) is 0 Å². The molecule has 3 nitrogen and oxygen atoms in total. The standard InChI is InChI=1S/C8H16O3S.Na/c9-12(10,11)7-8-5-3-1-2-4-6-8;/h8H,1-7H2,(H,9,10,11);/q;+1/p-1. The molecule has 1 saturated carbocycles. The smallest absolute Gasteiger partial charge is 0.748 e. The molecule has 0 N–H and O–H groups in total. The van der Waals surface area contributed by atoms with E-state index in [2.05, 4.69) is 0 Å². The summed E-state index contributed by atoms with van der Waals surface area (Å²) in [6.45, 7) is 0. The van der Waals surface area contributed by atoms with Gasteiger partial charge < -0.3 is 4.55 Å². The molecule has 0 unspecified atom stereocenters. The first-order valence-corrected chi connectivity index (χ1v) is 6.09. The zero-order valence-electron chi connectivity index (χ0n) is 8.16. The van der Waals surface area contributed by atoms with Crippen molar-refractivity contribution in [1.29, 1.82) is 0 Å². The molecule has 5 heteroatoms. The van der Waals surface area contributed by atoms with Crippen LogP contribution < -0.4 is 29.6 Å². The van der Waals surface area contributed by atoms with Gasteiger partial charge in [0.1, 0.15) is 0 Å². The molecule has 0 aromatic carbocycles. The molecule has 0 spiro atoms. The maximum atomic E-state index is 10.5. The first-order chi connectivity index (χ1) is 5.58. The largest absolute Gasteiger partial charge is 1.00 e. The molecule has 0 atom stereocenters. The van der Waals surface area contributed by atoms with Crippen molar-refractivity contribution >= 4 is 10.1 Å². The normalized spacial score (nSPS) is 20.4. The van der Waals surface area contributed by atoms with Gasteiger partial charge in [0, 0.05) is 5.75 Å². The van der Waals surface area contributed by atoms with E-state index in [0.29, 0.717) is 0 Å². The van der Waals surface area contributed by atoms with Gasteiger partial charge in [-0.1, -0.05) is 25.7 Å². The maximum absolute atomic E-state index is 10.5. The molecule has 0 heterocycles. The second-order valence-electron chi connectivity index (χ2n) is 3.58. The molecule has 13 heavy (non-hydrogen) atoms. The van der Waals surface area contributed by atoms with Gasteiger partial charge in [-0.15, -0.1) is 0 Å². The van der Waals surface area contributed by atoms with Crippen molar-refractivity contribution in [2.45, 2.75) is 38.5 Å². The Balaban J connectivity index is 0.00000144. The van der Waals surface area contributed by atoms with Crippen LogP contribution in [-0.2, 0) is 10.1 Å². The number of hydrogen-bond acceptors (Lipinski definition) is 3. The second-order valence-corrected chi connectivity index (χ2v) is 5.03. The van der Waals surface area contributed by atoms with Crippen LogP contribution in [0.4, 0.5) is 0 Å². The van der Waals surface area contributed by atoms with Gasteiger partial charge in [0.15, 0.2) is 0 Å². The van der Waals surface area contributed by atoms with Crippen LogP contribution in [0.15, 0.2) is 0 Å².